The normalized spacial score (nSPS) is 12.7. The standard InChI is InChI=1S/C7H14BrNO/c1-3-7(10)9-5-4-6(2)8/h6H,3-5H2,1-2H3,(H,9,10). The van der Waals surface area contributed by atoms with E-state index >= 15 is 0 Å². The van der Waals surface area contributed by atoms with Gasteiger partial charge < -0.3 is 5.32 Å². The van der Waals surface area contributed by atoms with Crippen molar-refractivity contribution in [3.8, 4) is 0 Å². The number of carbonyl (C=O) groups is 1. The summed E-state index contributed by atoms with van der Waals surface area (Å²) in [6, 6.07) is 0. The zero-order valence-electron chi connectivity index (χ0n) is 6.48. The Hall–Kier alpha value is -0.0500. The second kappa shape index (κ2) is 5.71. The number of hydrogen-bond acceptors (Lipinski definition) is 1. The van der Waals surface area contributed by atoms with Crippen molar-refractivity contribution in [1.82, 2.24) is 5.32 Å². The molecule has 1 N–H and O–H groups in total. The highest BCUT2D eigenvalue weighted by molar-refractivity contribution is 9.09. The summed E-state index contributed by atoms with van der Waals surface area (Å²) in [6.07, 6.45) is 1.57. The maximum absolute atomic E-state index is 10.7. The van der Waals surface area contributed by atoms with E-state index < -0.39 is 0 Å². The Morgan fingerprint density at radius 3 is 2.70 bits per heavy atom. The first-order valence-corrected chi connectivity index (χ1v) is 4.49. The van der Waals surface area contributed by atoms with Crippen LogP contribution in [0.4, 0.5) is 0 Å². The van der Waals surface area contributed by atoms with E-state index in [1.54, 1.807) is 0 Å². The number of halogens is 1. The van der Waals surface area contributed by atoms with Gasteiger partial charge in [0.05, 0.1) is 0 Å². The quantitative estimate of drug-likeness (QED) is 0.699. The van der Waals surface area contributed by atoms with E-state index in [1.807, 2.05) is 6.92 Å². The highest BCUT2D eigenvalue weighted by atomic mass is 79.9. The molecule has 1 unspecified atom stereocenters. The summed E-state index contributed by atoms with van der Waals surface area (Å²) in [5, 5.41) is 2.79. The zero-order valence-corrected chi connectivity index (χ0v) is 8.07. The maximum atomic E-state index is 10.7. The van der Waals surface area contributed by atoms with Gasteiger partial charge in [-0.25, -0.2) is 0 Å². The number of nitrogens with one attached hydrogen (secondary N) is 1. The van der Waals surface area contributed by atoms with Gasteiger partial charge >= 0.3 is 0 Å². The zero-order chi connectivity index (χ0) is 7.98. The third-order valence-electron chi connectivity index (χ3n) is 1.19. The van der Waals surface area contributed by atoms with Crippen LogP contribution in [0.25, 0.3) is 0 Å². The summed E-state index contributed by atoms with van der Waals surface area (Å²) in [5.74, 6) is 0.133. The second-order valence-electron chi connectivity index (χ2n) is 2.27. The van der Waals surface area contributed by atoms with Crippen LogP contribution in [-0.2, 0) is 4.79 Å². The molecule has 0 aliphatic heterocycles. The molecule has 0 bridgehead atoms. The van der Waals surface area contributed by atoms with Gasteiger partial charge in [-0.05, 0) is 6.42 Å². The molecule has 1 atom stereocenters. The SMILES string of the molecule is CCC(=O)NCCC(C)Br. The van der Waals surface area contributed by atoms with Gasteiger partial charge in [-0.3, -0.25) is 4.79 Å². The Morgan fingerprint density at radius 1 is 1.70 bits per heavy atom. The average molecular weight is 208 g/mol. The predicted molar refractivity (Wildman–Crippen MR) is 46.3 cm³/mol. The molecule has 0 fully saturated rings. The molecule has 60 valence electrons. The molecule has 0 saturated heterocycles. The largest absolute Gasteiger partial charge is 0.356 e. The van der Waals surface area contributed by atoms with Crippen molar-refractivity contribution < 1.29 is 4.79 Å². The lowest BCUT2D eigenvalue weighted by Gasteiger charge is -2.03. The van der Waals surface area contributed by atoms with Crippen LogP contribution in [0.3, 0.4) is 0 Å². The Bertz CT molecular complexity index is 104. The van der Waals surface area contributed by atoms with E-state index in [1.165, 1.54) is 0 Å². The van der Waals surface area contributed by atoms with Crippen LogP contribution < -0.4 is 5.32 Å². The van der Waals surface area contributed by atoms with E-state index in [9.17, 15) is 4.79 Å². The number of carbonyl (C=O) groups excluding carboxylic acids is 1. The van der Waals surface area contributed by atoms with Crippen LogP contribution in [0.15, 0.2) is 0 Å². The molecule has 0 aliphatic rings. The number of hydrogen-bond donors (Lipinski definition) is 1. The third kappa shape index (κ3) is 6.08. The Balaban J connectivity index is 3.12. The molecule has 1 amide bonds. The van der Waals surface area contributed by atoms with Crippen molar-refractivity contribution >= 4 is 21.8 Å². The molecule has 0 aromatic rings. The van der Waals surface area contributed by atoms with Crippen molar-refractivity contribution in [2.24, 2.45) is 0 Å². The summed E-state index contributed by atoms with van der Waals surface area (Å²) >= 11 is 3.40. The summed E-state index contributed by atoms with van der Waals surface area (Å²) in [7, 11) is 0. The Kier molecular flexibility index (Phi) is 5.69. The summed E-state index contributed by atoms with van der Waals surface area (Å²) < 4.78 is 0. The van der Waals surface area contributed by atoms with Gasteiger partial charge in [0.1, 0.15) is 0 Å². The van der Waals surface area contributed by atoms with E-state index in [-0.39, 0.29) is 5.91 Å². The monoisotopic (exact) mass is 207 g/mol. The molecule has 0 saturated carbocycles. The van der Waals surface area contributed by atoms with Crippen LogP contribution in [0.2, 0.25) is 0 Å². The van der Waals surface area contributed by atoms with Crippen LogP contribution >= 0.6 is 15.9 Å². The van der Waals surface area contributed by atoms with Gasteiger partial charge in [-0.1, -0.05) is 29.8 Å². The third-order valence-corrected chi connectivity index (χ3v) is 1.64. The molecule has 0 aromatic carbocycles. The van der Waals surface area contributed by atoms with Gasteiger partial charge in [-0.15, -0.1) is 0 Å². The molecule has 0 radical (unpaired) electrons. The molecule has 0 heterocycles. The van der Waals surface area contributed by atoms with Crippen molar-refractivity contribution in [3.63, 3.8) is 0 Å². The lowest BCUT2D eigenvalue weighted by Crippen LogP contribution is -2.24. The molecule has 3 heteroatoms. The minimum Gasteiger partial charge on any atom is -0.356 e. The van der Waals surface area contributed by atoms with Gasteiger partial charge in [0.2, 0.25) is 5.91 Å². The number of amides is 1. The second-order valence-corrected chi connectivity index (χ2v) is 3.84. The predicted octanol–water partition coefficient (Wildman–Crippen LogP) is 1.69. The van der Waals surface area contributed by atoms with Crippen molar-refractivity contribution in [1.29, 1.82) is 0 Å². The summed E-state index contributed by atoms with van der Waals surface area (Å²) in [6.45, 7) is 4.70. The van der Waals surface area contributed by atoms with Crippen LogP contribution in [0.1, 0.15) is 26.7 Å². The van der Waals surface area contributed by atoms with Gasteiger partial charge in [-0.2, -0.15) is 0 Å². The first-order valence-electron chi connectivity index (χ1n) is 3.57. The van der Waals surface area contributed by atoms with Crippen molar-refractivity contribution in [2.45, 2.75) is 31.5 Å². The highest BCUT2D eigenvalue weighted by Crippen LogP contribution is 2.00. The minimum atomic E-state index is 0.133. The molecule has 0 rings (SSSR count). The number of alkyl halides is 1. The molecule has 2 nitrogen and oxygen atoms in total. The molecular weight excluding hydrogens is 194 g/mol. The van der Waals surface area contributed by atoms with Crippen molar-refractivity contribution in [2.75, 3.05) is 6.54 Å². The maximum Gasteiger partial charge on any atom is 0.219 e. The minimum absolute atomic E-state index is 0.133. The topological polar surface area (TPSA) is 29.1 Å². The average Bonchev–Trinajstić information content (AvgIpc) is 1.87. The Labute approximate surface area is 70.5 Å². The smallest absolute Gasteiger partial charge is 0.219 e. The first-order chi connectivity index (χ1) is 4.66. The van der Waals surface area contributed by atoms with E-state index in [4.69, 9.17) is 0 Å². The highest BCUT2D eigenvalue weighted by Gasteiger charge is 1.97. The van der Waals surface area contributed by atoms with E-state index in [2.05, 4.69) is 28.2 Å². The van der Waals surface area contributed by atoms with Gasteiger partial charge in [0, 0.05) is 17.8 Å². The fourth-order valence-corrected chi connectivity index (χ4v) is 0.764. The molecular formula is C7H14BrNO. The van der Waals surface area contributed by atoms with Crippen molar-refractivity contribution in [3.05, 3.63) is 0 Å². The summed E-state index contributed by atoms with van der Waals surface area (Å²) in [5.41, 5.74) is 0. The van der Waals surface area contributed by atoms with Crippen LogP contribution in [-0.4, -0.2) is 17.3 Å². The first kappa shape index (κ1) is 9.95. The molecule has 10 heavy (non-hydrogen) atoms. The fraction of sp³-hybridized carbons (Fsp3) is 0.857. The fourth-order valence-electron chi connectivity index (χ4n) is 0.535. The molecule has 0 spiro atoms. The lowest BCUT2D eigenvalue weighted by atomic mass is 10.3. The van der Waals surface area contributed by atoms with Crippen LogP contribution in [0, 0.1) is 0 Å². The Morgan fingerprint density at radius 2 is 2.30 bits per heavy atom. The molecule has 0 aromatic heterocycles. The van der Waals surface area contributed by atoms with Gasteiger partial charge in [0.25, 0.3) is 0 Å². The van der Waals surface area contributed by atoms with Gasteiger partial charge in [0.15, 0.2) is 0 Å². The van der Waals surface area contributed by atoms with E-state index in [0.717, 1.165) is 13.0 Å². The molecule has 0 aliphatic carbocycles. The summed E-state index contributed by atoms with van der Waals surface area (Å²) in [4.78, 5) is 11.2. The van der Waals surface area contributed by atoms with Crippen LogP contribution in [0.5, 0.6) is 0 Å². The number of rotatable bonds is 4. The lowest BCUT2D eigenvalue weighted by molar-refractivity contribution is -0.120. The van der Waals surface area contributed by atoms with E-state index in [0.29, 0.717) is 11.2 Å².